The van der Waals surface area contributed by atoms with Gasteiger partial charge in [0.15, 0.2) is 17.8 Å². The summed E-state index contributed by atoms with van der Waals surface area (Å²) < 4.78 is 22.8. The van der Waals surface area contributed by atoms with Gasteiger partial charge in [0.25, 0.3) is 0 Å². The second-order valence-electron chi connectivity index (χ2n) is 6.53. The van der Waals surface area contributed by atoms with E-state index in [0.29, 0.717) is 46.7 Å². The number of hydrogen-bond acceptors (Lipinski definition) is 7. The third-order valence-electron chi connectivity index (χ3n) is 4.66. The van der Waals surface area contributed by atoms with Crippen molar-refractivity contribution in [2.24, 2.45) is 0 Å². The first-order valence-electron chi connectivity index (χ1n) is 9.70. The van der Waals surface area contributed by atoms with Gasteiger partial charge in [-0.15, -0.1) is 12.6 Å². The van der Waals surface area contributed by atoms with Crippen LogP contribution in [0.5, 0.6) is 23.0 Å². The Labute approximate surface area is 181 Å². The minimum Gasteiger partial charge on any atom is -0.493 e. The Bertz CT molecular complexity index is 1040. The average Bonchev–Trinajstić information content (AvgIpc) is 2.78. The third kappa shape index (κ3) is 4.03. The summed E-state index contributed by atoms with van der Waals surface area (Å²) in [6.07, 6.45) is 4.87. The Balaban J connectivity index is 2.35. The highest BCUT2D eigenvalue weighted by molar-refractivity contribution is 7.80. The molecular weight excluding hydrogens is 402 g/mol. The van der Waals surface area contributed by atoms with Crippen LogP contribution >= 0.6 is 12.6 Å². The molecule has 7 heteroatoms. The summed E-state index contributed by atoms with van der Waals surface area (Å²) in [5.41, 5.74) is 2.04. The van der Waals surface area contributed by atoms with Crippen molar-refractivity contribution in [2.75, 3.05) is 27.4 Å². The number of ether oxygens (including phenoxy) is 4. The Kier molecular flexibility index (Phi) is 7.05. The quantitative estimate of drug-likeness (QED) is 0.374. The lowest BCUT2D eigenvalue weighted by atomic mass is 9.95. The zero-order valence-electron chi connectivity index (χ0n) is 17.5. The molecule has 0 unspecified atom stereocenters. The molecule has 0 bridgehead atoms. The predicted molar refractivity (Wildman–Crippen MR) is 120 cm³/mol. The van der Waals surface area contributed by atoms with E-state index in [4.69, 9.17) is 18.9 Å². The van der Waals surface area contributed by atoms with Gasteiger partial charge in [0.2, 0.25) is 5.75 Å². The largest absolute Gasteiger partial charge is 0.493 e. The molecule has 0 atom stereocenters. The number of thiol groups is 1. The molecular formula is C23H25NO5S. The molecule has 0 aliphatic heterocycles. The average molecular weight is 428 g/mol. The standard InChI is InChI=1S/C23H25NO5S/c1-5-7-29-22-18(26-3)8-14(9-19(22)27-4)16-10-20(28-6-2)23(30)17-12-24-11-15(13-25)21(16)17/h8-13,30H,5-7H2,1-4H3. The summed E-state index contributed by atoms with van der Waals surface area (Å²) in [5, 5.41) is 1.47. The first kappa shape index (κ1) is 21.8. The molecule has 158 valence electrons. The van der Waals surface area contributed by atoms with E-state index in [9.17, 15) is 4.79 Å². The van der Waals surface area contributed by atoms with E-state index in [2.05, 4.69) is 17.6 Å². The molecule has 1 heterocycles. The summed E-state index contributed by atoms with van der Waals surface area (Å²) in [5.74, 6) is 2.24. The minimum atomic E-state index is 0.463. The second-order valence-corrected chi connectivity index (χ2v) is 6.98. The third-order valence-corrected chi connectivity index (χ3v) is 5.12. The number of methoxy groups -OCH3 is 2. The van der Waals surface area contributed by atoms with E-state index in [1.807, 2.05) is 32.0 Å². The topological polar surface area (TPSA) is 66.9 Å². The van der Waals surface area contributed by atoms with Gasteiger partial charge in [-0.05, 0) is 42.7 Å². The fourth-order valence-electron chi connectivity index (χ4n) is 3.33. The zero-order valence-corrected chi connectivity index (χ0v) is 18.4. The van der Waals surface area contributed by atoms with Crippen LogP contribution in [-0.2, 0) is 0 Å². The van der Waals surface area contributed by atoms with Gasteiger partial charge < -0.3 is 18.9 Å². The molecule has 0 radical (unpaired) electrons. The number of benzene rings is 2. The van der Waals surface area contributed by atoms with Gasteiger partial charge in [0.1, 0.15) is 5.75 Å². The number of carbonyl (C=O) groups excluding carboxylic acids is 1. The van der Waals surface area contributed by atoms with Crippen LogP contribution in [0.2, 0.25) is 0 Å². The molecule has 6 nitrogen and oxygen atoms in total. The Morgan fingerprint density at radius 3 is 2.27 bits per heavy atom. The van der Waals surface area contributed by atoms with Crippen LogP contribution in [0.4, 0.5) is 0 Å². The van der Waals surface area contributed by atoms with E-state index in [-0.39, 0.29) is 0 Å². The molecule has 2 aromatic carbocycles. The van der Waals surface area contributed by atoms with E-state index in [1.54, 1.807) is 26.6 Å². The van der Waals surface area contributed by atoms with Crippen molar-refractivity contribution in [1.82, 2.24) is 4.98 Å². The highest BCUT2D eigenvalue weighted by Crippen LogP contribution is 2.45. The fourth-order valence-corrected chi connectivity index (χ4v) is 3.62. The number of aldehydes is 1. The van der Waals surface area contributed by atoms with E-state index in [1.165, 1.54) is 0 Å². The van der Waals surface area contributed by atoms with Crippen molar-refractivity contribution in [3.8, 4) is 34.1 Å². The number of aromatic nitrogens is 1. The van der Waals surface area contributed by atoms with Crippen LogP contribution in [0.3, 0.4) is 0 Å². The van der Waals surface area contributed by atoms with Gasteiger partial charge >= 0.3 is 0 Å². The highest BCUT2D eigenvalue weighted by atomic mass is 32.1. The van der Waals surface area contributed by atoms with Crippen LogP contribution < -0.4 is 18.9 Å². The molecule has 0 saturated heterocycles. The first-order chi connectivity index (χ1) is 14.6. The van der Waals surface area contributed by atoms with Crippen LogP contribution in [0.25, 0.3) is 21.9 Å². The number of hydrogen-bond donors (Lipinski definition) is 1. The molecule has 0 fully saturated rings. The summed E-state index contributed by atoms with van der Waals surface area (Å²) in [6.45, 7) is 4.96. The zero-order chi connectivity index (χ0) is 21.7. The number of pyridine rings is 1. The maximum absolute atomic E-state index is 11.8. The normalized spacial score (nSPS) is 10.7. The van der Waals surface area contributed by atoms with E-state index in [0.717, 1.165) is 34.6 Å². The van der Waals surface area contributed by atoms with Gasteiger partial charge in [0.05, 0.1) is 32.3 Å². The van der Waals surface area contributed by atoms with Crippen molar-refractivity contribution in [3.63, 3.8) is 0 Å². The molecule has 30 heavy (non-hydrogen) atoms. The molecule has 0 aliphatic rings. The van der Waals surface area contributed by atoms with Crippen LogP contribution in [0.1, 0.15) is 30.6 Å². The molecule has 3 rings (SSSR count). The fraction of sp³-hybridized carbons (Fsp3) is 0.304. The van der Waals surface area contributed by atoms with Crippen molar-refractivity contribution >= 4 is 29.7 Å². The molecule has 3 aromatic rings. The maximum atomic E-state index is 11.8. The SMILES string of the molecule is CCCOc1c(OC)cc(-c2cc(OCC)c(S)c3cncc(C=O)c23)cc1OC. The van der Waals surface area contributed by atoms with Crippen LogP contribution in [-0.4, -0.2) is 38.7 Å². The molecule has 1 aromatic heterocycles. The van der Waals surface area contributed by atoms with Crippen molar-refractivity contribution < 1.29 is 23.7 Å². The molecule has 0 saturated carbocycles. The van der Waals surface area contributed by atoms with Crippen molar-refractivity contribution in [1.29, 1.82) is 0 Å². The van der Waals surface area contributed by atoms with Gasteiger partial charge in [-0.1, -0.05) is 6.92 Å². The monoisotopic (exact) mass is 427 g/mol. The number of carbonyl (C=O) groups is 1. The lowest BCUT2D eigenvalue weighted by molar-refractivity contribution is 0.112. The molecule has 0 amide bonds. The molecule has 0 N–H and O–H groups in total. The highest BCUT2D eigenvalue weighted by Gasteiger charge is 2.20. The first-order valence-corrected chi connectivity index (χ1v) is 10.1. The lowest BCUT2D eigenvalue weighted by Gasteiger charge is -2.18. The van der Waals surface area contributed by atoms with E-state index < -0.39 is 0 Å². The smallest absolute Gasteiger partial charge is 0.203 e. The maximum Gasteiger partial charge on any atom is 0.203 e. The van der Waals surface area contributed by atoms with Gasteiger partial charge in [-0.25, -0.2) is 0 Å². The summed E-state index contributed by atoms with van der Waals surface area (Å²) in [4.78, 5) is 16.6. The minimum absolute atomic E-state index is 0.463. The molecule has 0 aliphatic carbocycles. The summed E-state index contributed by atoms with van der Waals surface area (Å²) in [7, 11) is 3.16. The Morgan fingerprint density at radius 1 is 1.00 bits per heavy atom. The van der Waals surface area contributed by atoms with Crippen LogP contribution in [0.15, 0.2) is 35.5 Å². The number of rotatable bonds is 9. The predicted octanol–water partition coefficient (Wildman–Crippen LogP) is 5.21. The van der Waals surface area contributed by atoms with Crippen LogP contribution in [0, 0.1) is 0 Å². The van der Waals surface area contributed by atoms with Gasteiger partial charge in [-0.2, -0.15) is 0 Å². The Hall–Kier alpha value is -2.93. The summed E-state index contributed by atoms with van der Waals surface area (Å²) >= 11 is 4.63. The number of fused-ring (bicyclic) bond motifs is 1. The Morgan fingerprint density at radius 2 is 1.70 bits per heavy atom. The van der Waals surface area contributed by atoms with Crippen molar-refractivity contribution in [2.45, 2.75) is 25.2 Å². The molecule has 0 spiro atoms. The number of nitrogens with zero attached hydrogens (tertiary/aromatic N) is 1. The van der Waals surface area contributed by atoms with Crippen molar-refractivity contribution in [3.05, 3.63) is 36.2 Å². The van der Waals surface area contributed by atoms with E-state index >= 15 is 0 Å². The van der Waals surface area contributed by atoms with Gasteiger partial charge in [0, 0.05) is 28.7 Å². The second kappa shape index (κ2) is 9.71. The van der Waals surface area contributed by atoms with Gasteiger partial charge in [-0.3, -0.25) is 9.78 Å². The summed E-state index contributed by atoms with van der Waals surface area (Å²) in [6, 6.07) is 5.61. The lowest BCUT2D eigenvalue weighted by Crippen LogP contribution is -2.01.